The van der Waals surface area contributed by atoms with Gasteiger partial charge in [-0.1, -0.05) is 62.3 Å². The van der Waals surface area contributed by atoms with Gasteiger partial charge in [0.2, 0.25) is 0 Å². The Labute approximate surface area is 255 Å². The summed E-state index contributed by atoms with van der Waals surface area (Å²) in [5.74, 6) is 1.57. The summed E-state index contributed by atoms with van der Waals surface area (Å²) in [6.07, 6.45) is 30.8. The molecule has 2 aromatic rings. The minimum atomic E-state index is 0. The maximum atomic E-state index is 3.84. The Morgan fingerprint density at radius 3 is 1.92 bits per heavy atom. The molecule has 202 valence electrons. The van der Waals surface area contributed by atoms with Crippen molar-refractivity contribution in [3.63, 3.8) is 0 Å². The van der Waals surface area contributed by atoms with Crippen LogP contribution in [0.4, 0.5) is 0 Å². The first kappa shape index (κ1) is 31.6. The Balaban J connectivity index is 0.000000257. The molecule has 0 unspecified atom stereocenters. The van der Waals surface area contributed by atoms with Gasteiger partial charge in [-0.25, -0.2) is 12.2 Å². The number of fused-ring (bicyclic) bond motifs is 3. The zero-order chi connectivity index (χ0) is 24.6. The maximum Gasteiger partial charge on any atom is -0.0162 e. The van der Waals surface area contributed by atoms with Crippen molar-refractivity contribution < 1.29 is 44.8 Å². The minimum absolute atomic E-state index is 0. The van der Waals surface area contributed by atoms with Gasteiger partial charge in [-0.15, -0.1) is 17.5 Å². The molecule has 0 saturated heterocycles. The summed E-state index contributed by atoms with van der Waals surface area (Å²) in [5, 5.41) is 0. The predicted octanol–water partition coefficient (Wildman–Crippen LogP) is 3.75. The third kappa shape index (κ3) is 8.54. The quantitative estimate of drug-likeness (QED) is 0.320. The van der Waals surface area contributed by atoms with Gasteiger partial charge in [0.15, 0.2) is 0 Å². The van der Waals surface area contributed by atoms with Crippen LogP contribution < -0.4 is 24.8 Å². The molecule has 3 saturated carbocycles. The molecule has 0 spiro atoms. The van der Waals surface area contributed by atoms with Crippen LogP contribution in [-0.2, 0) is 26.4 Å². The summed E-state index contributed by atoms with van der Waals surface area (Å²) < 4.78 is 1.70. The van der Waals surface area contributed by atoms with Crippen molar-refractivity contribution in [1.82, 2.24) is 0 Å². The largest absolute Gasteiger partial charge is 0.176 e. The first-order valence-electron chi connectivity index (χ1n) is 14.7. The fraction of sp³-hybridized carbons (Fsp3) is 0.514. The molecule has 38 heavy (non-hydrogen) atoms. The van der Waals surface area contributed by atoms with Gasteiger partial charge in [0.05, 0.1) is 0 Å². The summed E-state index contributed by atoms with van der Waals surface area (Å²) in [6, 6.07) is 16.0. The fourth-order valence-electron chi connectivity index (χ4n) is 6.65. The number of benzene rings is 2. The van der Waals surface area contributed by atoms with E-state index in [4.69, 9.17) is 0 Å². The molecule has 0 bridgehead atoms. The maximum absolute atomic E-state index is 3.84. The molecule has 3 fully saturated rings. The Morgan fingerprint density at radius 2 is 1.37 bits per heavy atom. The van der Waals surface area contributed by atoms with E-state index in [-0.39, 0.29) is 24.8 Å². The Bertz CT molecular complexity index is 1000. The van der Waals surface area contributed by atoms with Crippen LogP contribution in [0.2, 0.25) is 0 Å². The third-order valence-electron chi connectivity index (χ3n) is 8.75. The van der Waals surface area contributed by atoms with E-state index in [0.29, 0.717) is 0 Å². The molecular weight excluding hydrogens is 539 g/mol. The average molecular weight is 581 g/mol. The second kappa shape index (κ2) is 16.4. The molecule has 0 amide bonds. The minimum Gasteiger partial charge on any atom is -0.176 e. The Kier molecular flexibility index (Phi) is 13.6. The van der Waals surface area contributed by atoms with Crippen LogP contribution in [0.5, 0.6) is 0 Å². The first-order valence-corrected chi connectivity index (χ1v) is 15.5. The van der Waals surface area contributed by atoms with Crippen molar-refractivity contribution in [2.75, 3.05) is 0 Å². The Hall–Kier alpha value is -0.916. The van der Waals surface area contributed by atoms with Crippen LogP contribution in [0, 0.1) is 12.1 Å². The summed E-state index contributed by atoms with van der Waals surface area (Å²) in [7, 11) is 0. The standard InChI is InChI=1S/C25H29.C5H8.C5H5.2ClH.Ti/c1-3-7-18(8-4-1)20-11-13-24-22(15-20)17-23-16-21(12-14-25(23)24)19-9-5-2-6-10-19;2*1-2-4-5-3-1;;;/h11-15,18-19H,1-10,17H2;1-4H2;1-3H,4H2;2*1H;/q-1;;-1;;;+2/p-2. The number of hydrogen-bond donors (Lipinski definition) is 0. The normalized spacial score (nSPS) is 19.8. The van der Waals surface area contributed by atoms with Crippen molar-refractivity contribution >= 4 is 3.81 Å². The molecular formula is C35H42Cl2Ti-2. The number of rotatable bonds is 2. The second-order valence-corrected chi connectivity index (χ2v) is 12.5. The van der Waals surface area contributed by atoms with Crippen molar-refractivity contribution in [1.29, 1.82) is 0 Å². The van der Waals surface area contributed by atoms with Gasteiger partial charge >= 0.3 is 49.5 Å². The number of hydrogen-bond acceptors (Lipinski definition) is 0. The molecule has 0 N–H and O–H groups in total. The molecule has 0 nitrogen and oxygen atoms in total. The SMILES string of the molecule is [C-]1=CC=CC1.[Cl-].[Cl-].[Ti+2]=[C]1CCCC1.[c-]1c(C2CCCCC2)ccc2c1Cc1cc(C3CCCCC3)ccc1-2. The van der Waals surface area contributed by atoms with Gasteiger partial charge in [-0.2, -0.15) is 29.8 Å². The molecule has 7 rings (SSSR count). The smallest absolute Gasteiger partial charge is 0.0162 e. The van der Waals surface area contributed by atoms with Crippen LogP contribution >= 0.6 is 0 Å². The van der Waals surface area contributed by atoms with E-state index in [0.717, 1.165) is 24.7 Å². The zero-order valence-electron chi connectivity index (χ0n) is 22.8. The van der Waals surface area contributed by atoms with Gasteiger partial charge in [0.25, 0.3) is 0 Å². The van der Waals surface area contributed by atoms with E-state index in [2.05, 4.69) is 68.5 Å². The van der Waals surface area contributed by atoms with Crippen molar-refractivity contribution in [3.05, 3.63) is 83.0 Å². The monoisotopic (exact) mass is 580 g/mol. The second-order valence-electron chi connectivity index (χ2n) is 11.4. The third-order valence-corrected chi connectivity index (χ3v) is 9.53. The van der Waals surface area contributed by atoms with Crippen LogP contribution in [0.25, 0.3) is 11.1 Å². The van der Waals surface area contributed by atoms with Gasteiger partial charge in [0.1, 0.15) is 0 Å². The molecule has 0 atom stereocenters. The van der Waals surface area contributed by atoms with E-state index in [1.807, 2.05) is 12.2 Å². The van der Waals surface area contributed by atoms with Gasteiger partial charge < -0.3 is 24.8 Å². The predicted molar refractivity (Wildman–Crippen MR) is 150 cm³/mol. The van der Waals surface area contributed by atoms with E-state index < -0.39 is 0 Å². The summed E-state index contributed by atoms with van der Waals surface area (Å²) in [5.41, 5.74) is 9.01. The fourth-order valence-corrected chi connectivity index (χ4v) is 7.20. The van der Waals surface area contributed by atoms with Crippen LogP contribution in [0.3, 0.4) is 0 Å². The van der Waals surface area contributed by atoms with Crippen molar-refractivity contribution in [3.8, 4) is 11.1 Å². The summed E-state index contributed by atoms with van der Waals surface area (Å²) in [4.78, 5) is 0. The number of allylic oxidation sites excluding steroid dienone is 4. The van der Waals surface area contributed by atoms with Gasteiger partial charge in [0, 0.05) is 0 Å². The van der Waals surface area contributed by atoms with Crippen LogP contribution in [0.15, 0.2) is 48.6 Å². The molecule has 5 aliphatic carbocycles. The Morgan fingerprint density at radius 1 is 0.711 bits per heavy atom. The molecule has 0 radical (unpaired) electrons. The molecule has 0 heterocycles. The summed E-state index contributed by atoms with van der Waals surface area (Å²) in [6.45, 7) is 0. The average Bonchev–Trinajstić information content (AvgIpc) is 3.73. The molecule has 5 aliphatic rings. The van der Waals surface area contributed by atoms with E-state index in [9.17, 15) is 0 Å². The number of halogens is 2. The van der Waals surface area contributed by atoms with E-state index in [1.165, 1.54) is 112 Å². The molecule has 3 heteroatoms. The first-order chi connectivity index (χ1) is 17.8. The van der Waals surface area contributed by atoms with Crippen molar-refractivity contribution in [2.45, 2.75) is 115 Å². The summed E-state index contributed by atoms with van der Waals surface area (Å²) >= 11 is 2.26. The van der Waals surface area contributed by atoms with Gasteiger partial charge in [-0.05, 0) is 55.1 Å². The molecule has 2 aromatic carbocycles. The van der Waals surface area contributed by atoms with E-state index in [1.54, 1.807) is 14.9 Å². The van der Waals surface area contributed by atoms with E-state index >= 15 is 0 Å². The topological polar surface area (TPSA) is 0 Å². The van der Waals surface area contributed by atoms with Crippen molar-refractivity contribution in [2.24, 2.45) is 0 Å². The zero-order valence-corrected chi connectivity index (χ0v) is 25.9. The van der Waals surface area contributed by atoms with Crippen LogP contribution in [0.1, 0.15) is 130 Å². The molecule has 0 aliphatic heterocycles. The van der Waals surface area contributed by atoms with Gasteiger partial charge in [-0.3, -0.25) is 6.08 Å². The van der Waals surface area contributed by atoms with Crippen LogP contribution in [-0.4, -0.2) is 3.81 Å². The molecule has 0 aromatic heterocycles.